The van der Waals surface area contributed by atoms with Gasteiger partial charge in [-0.1, -0.05) is 6.07 Å². The molecule has 0 aliphatic heterocycles. The molecule has 1 rings (SSSR count). The van der Waals surface area contributed by atoms with Gasteiger partial charge in [0.1, 0.15) is 0 Å². The molecule has 0 spiro atoms. The molecule has 0 heterocycles. The Labute approximate surface area is 105 Å². The van der Waals surface area contributed by atoms with Gasteiger partial charge in [-0.15, -0.1) is 0 Å². The molecule has 0 saturated carbocycles. The predicted molar refractivity (Wildman–Crippen MR) is 63.3 cm³/mol. The van der Waals surface area contributed by atoms with Crippen LogP contribution in [-0.4, -0.2) is 25.9 Å². The maximum Gasteiger partial charge on any atom is 0.211 e. The molecule has 0 aliphatic rings. The molecule has 0 unspecified atom stereocenters. The molecule has 0 atom stereocenters. The number of hydrogen-bond acceptors (Lipinski definition) is 3. The minimum Gasteiger partial charge on any atom is -0.396 e. The molecular weight excluding hydrogens is 264 g/mol. The monoisotopic (exact) mass is 279 g/mol. The Morgan fingerprint density at radius 2 is 1.89 bits per heavy atom. The lowest BCUT2D eigenvalue weighted by atomic mass is 10.2. The van der Waals surface area contributed by atoms with Gasteiger partial charge in [0, 0.05) is 13.2 Å². The zero-order chi connectivity index (χ0) is 13.6. The predicted octanol–water partition coefficient (Wildman–Crippen LogP) is 1.16. The van der Waals surface area contributed by atoms with E-state index in [1.54, 1.807) is 0 Å². The number of halogens is 2. The average molecular weight is 279 g/mol. The van der Waals surface area contributed by atoms with Crippen molar-refractivity contribution in [2.45, 2.75) is 19.4 Å². The molecule has 0 aromatic heterocycles. The Bertz CT molecular complexity index is 491. The third-order valence-electron chi connectivity index (χ3n) is 2.30. The van der Waals surface area contributed by atoms with Gasteiger partial charge in [-0.25, -0.2) is 21.9 Å². The lowest BCUT2D eigenvalue weighted by molar-refractivity contribution is 0.287. The molecule has 102 valence electrons. The van der Waals surface area contributed by atoms with Crippen LogP contribution in [-0.2, 0) is 16.6 Å². The Hall–Kier alpha value is -1.05. The quantitative estimate of drug-likeness (QED) is 0.736. The molecule has 0 saturated heterocycles. The first-order valence-corrected chi connectivity index (χ1v) is 7.12. The van der Waals surface area contributed by atoms with Crippen molar-refractivity contribution in [1.82, 2.24) is 4.72 Å². The number of rotatable bonds is 7. The second kappa shape index (κ2) is 6.77. The van der Waals surface area contributed by atoms with E-state index in [0.717, 1.165) is 12.1 Å². The number of hydrogen-bond donors (Lipinski definition) is 2. The normalized spacial score (nSPS) is 11.7. The third kappa shape index (κ3) is 5.07. The first-order chi connectivity index (χ1) is 8.44. The maximum atomic E-state index is 12.9. The van der Waals surface area contributed by atoms with Crippen molar-refractivity contribution < 1.29 is 22.3 Å². The topological polar surface area (TPSA) is 66.4 Å². The zero-order valence-corrected chi connectivity index (χ0v) is 10.5. The second-order valence-electron chi connectivity index (χ2n) is 3.82. The summed E-state index contributed by atoms with van der Waals surface area (Å²) in [4.78, 5) is 0. The summed E-state index contributed by atoms with van der Waals surface area (Å²) in [5, 5.41) is 8.54. The number of aliphatic hydroxyl groups excluding tert-OH is 1. The fourth-order valence-electron chi connectivity index (χ4n) is 1.32. The van der Waals surface area contributed by atoms with E-state index in [9.17, 15) is 17.2 Å². The highest BCUT2D eigenvalue weighted by Gasteiger charge is 2.10. The summed E-state index contributed by atoms with van der Waals surface area (Å²) in [7, 11) is -3.45. The number of sulfonamides is 1. The van der Waals surface area contributed by atoms with Crippen molar-refractivity contribution >= 4 is 10.0 Å². The largest absolute Gasteiger partial charge is 0.396 e. The molecule has 0 amide bonds. The third-order valence-corrected chi connectivity index (χ3v) is 3.71. The van der Waals surface area contributed by atoms with Gasteiger partial charge in [-0.2, -0.15) is 0 Å². The van der Waals surface area contributed by atoms with E-state index in [4.69, 9.17) is 5.11 Å². The van der Waals surface area contributed by atoms with Crippen LogP contribution in [0, 0.1) is 11.6 Å². The number of aliphatic hydroxyl groups is 1. The van der Waals surface area contributed by atoms with Gasteiger partial charge in [0.25, 0.3) is 0 Å². The van der Waals surface area contributed by atoms with Crippen LogP contribution in [0.5, 0.6) is 0 Å². The van der Waals surface area contributed by atoms with Crippen LogP contribution < -0.4 is 4.72 Å². The van der Waals surface area contributed by atoms with Crippen molar-refractivity contribution in [2.75, 3.05) is 12.4 Å². The van der Waals surface area contributed by atoms with Crippen LogP contribution in [0.1, 0.15) is 18.4 Å². The molecule has 0 radical (unpaired) electrons. The van der Waals surface area contributed by atoms with Gasteiger partial charge in [0.05, 0.1) is 5.75 Å². The van der Waals surface area contributed by atoms with Gasteiger partial charge in [-0.3, -0.25) is 0 Å². The van der Waals surface area contributed by atoms with Crippen LogP contribution in [0.3, 0.4) is 0 Å². The fraction of sp³-hybridized carbons (Fsp3) is 0.455. The fourth-order valence-corrected chi connectivity index (χ4v) is 2.43. The minimum atomic E-state index is -3.45. The number of unbranched alkanes of at least 4 members (excludes halogenated alkanes) is 1. The summed E-state index contributed by atoms with van der Waals surface area (Å²) < 4.78 is 50.7. The van der Waals surface area contributed by atoms with Gasteiger partial charge in [0.2, 0.25) is 10.0 Å². The molecule has 4 nitrogen and oxygen atoms in total. The van der Waals surface area contributed by atoms with Crippen LogP contribution >= 0.6 is 0 Å². The zero-order valence-electron chi connectivity index (χ0n) is 9.70. The van der Waals surface area contributed by atoms with Gasteiger partial charge < -0.3 is 5.11 Å². The van der Waals surface area contributed by atoms with E-state index in [2.05, 4.69) is 4.72 Å². The molecule has 2 N–H and O–H groups in total. The highest BCUT2D eigenvalue weighted by molar-refractivity contribution is 7.89. The van der Waals surface area contributed by atoms with E-state index >= 15 is 0 Å². The van der Waals surface area contributed by atoms with E-state index < -0.39 is 21.7 Å². The lowest BCUT2D eigenvalue weighted by Gasteiger charge is -2.06. The molecule has 0 bridgehead atoms. The molecular formula is C11H15F2NO3S. The van der Waals surface area contributed by atoms with Crippen molar-refractivity contribution in [3.63, 3.8) is 0 Å². The van der Waals surface area contributed by atoms with Crippen LogP contribution in [0.2, 0.25) is 0 Å². The van der Waals surface area contributed by atoms with E-state index in [0.29, 0.717) is 18.4 Å². The van der Waals surface area contributed by atoms with Crippen molar-refractivity contribution in [3.8, 4) is 0 Å². The summed E-state index contributed by atoms with van der Waals surface area (Å²) >= 11 is 0. The molecule has 7 heteroatoms. The molecule has 18 heavy (non-hydrogen) atoms. The standard InChI is InChI=1S/C11H15F2NO3S/c12-10-4-3-9(7-11(10)13)8-14-18(16,17)6-2-1-5-15/h3-4,7,14-15H,1-2,5-6,8H2. The average Bonchev–Trinajstić information content (AvgIpc) is 2.31. The summed E-state index contributed by atoms with van der Waals surface area (Å²) in [6, 6.07) is 3.21. The Balaban J connectivity index is 2.51. The summed E-state index contributed by atoms with van der Waals surface area (Å²) in [6.45, 7) is -0.142. The molecule has 1 aromatic rings. The minimum absolute atomic E-state index is 0.0569. The van der Waals surface area contributed by atoms with Crippen molar-refractivity contribution in [1.29, 1.82) is 0 Å². The van der Waals surface area contributed by atoms with E-state index in [1.807, 2.05) is 0 Å². The lowest BCUT2D eigenvalue weighted by Crippen LogP contribution is -2.26. The smallest absolute Gasteiger partial charge is 0.211 e. The van der Waals surface area contributed by atoms with Crippen molar-refractivity contribution in [3.05, 3.63) is 35.4 Å². The Kier molecular flexibility index (Phi) is 5.64. The Morgan fingerprint density at radius 1 is 1.17 bits per heavy atom. The van der Waals surface area contributed by atoms with Gasteiger partial charge >= 0.3 is 0 Å². The van der Waals surface area contributed by atoms with Crippen LogP contribution in [0.4, 0.5) is 8.78 Å². The number of benzene rings is 1. The summed E-state index contributed by atoms with van der Waals surface area (Å²) in [5.74, 6) is -2.08. The molecule has 0 fully saturated rings. The first-order valence-electron chi connectivity index (χ1n) is 5.47. The SMILES string of the molecule is O=S(=O)(CCCCO)NCc1ccc(F)c(F)c1. The summed E-state index contributed by atoms with van der Waals surface area (Å²) in [6.07, 6.45) is 0.760. The highest BCUT2D eigenvalue weighted by atomic mass is 32.2. The van der Waals surface area contributed by atoms with E-state index in [1.165, 1.54) is 6.07 Å². The Morgan fingerprint density at radius 3 is 2.50 bits per heavy atom. The van der Waals surface area contributed by atoms with Crippen LogP contribution in [0.15, 0.2) is 18.2 Å². The van der Waals surface area contributed by atoms with Gasteiger partial charge in [0.15, 0.2) is 11.6 Å². The first kappa shape index (κ1) is 15.0. The highest BCUT2D eigenvalue weighted by Crippen LogP contribution is 2.08. The van der Waals surface area contributed by atoms with Gasteiger partial charge in [-0.05, 0) is 30.5 Å². The maximum absolute atomic E-state index is 12.9. The van der Waals surface area contributed by atoms with E-state index in [-0.39, 0.29) is 18.9 Å². The van der Waals surface area contributed by atoms with Crippen molar-refractivity contribution in [2.24, 2.45) is 0 Å². The molecule has 1 aromatic carbocycles. The second-order valence-corrected chi connectivity index (χ2v) is 5.75. The number of nitrogens with one attached hydrogen (secondary N) is 1. The molecule has 0 aliphatic carbocycles. The van der Waals surface area contributed by atoms with Crippen LogP contribution in [0.25, 0.3) is 0 Å². The summed E-state index contributed by atoms with van der Waals surface area (Å²) in [5.41, 5.74) is 0.347.